The Kier molecular flexibility index (Phi) is 6.87. The molecular formula is C24H29N3O2S. The Bertz CT molecular complexity index is 952. The standard InChI is InChI=1S/C24H29N3O2S/c1-16(2)29-21-15-25-11-10-17(21)14-26-19-12-24(3,4)13-20(28)22(19)23(30)27-18-8-6-5-7-9-18/h5-11,15-16,26H,12-14H2,1-4H3,(H,27,30). The number of hydrogen-bond acceptors (Lipinski definition) is 5. The van der Waals surface area contributed by atoms with Gasteiger partial charge in [0.25, 0.3) is 0 Å². The summed E-state index contributed by atoms with van der Waals surface area (Å²) in [6.07, 6.45) is 4.75. The van der Waals surface area contributed by atoms with E-state index >= 15 is 0 Å². The molecule has 3 rings (SSSR count). The second-order valence-electron chi connectivity index (χ2n) is 8.62. The van der Waals surface area contributed by atoms with Gasteiger partial charge in [-0.15, -0.1) is 0 Å². The Morgan fingerprint density at radius 3 is 2.63 bits per heavy atom. The molecule has 0 fully saturated rings. The average Bonchev–Trinajstić information content (AvgIpc) is 2.66. The molecule has 158 valence electrons. The number of para-hydroxylation sites is 1. The fraction of sp³-hybridized carbons (Fsp3) is 0.375. The van der Waals surface area contributed by atoms with Crippen LogP contribution in [0.2, 0.25) is 0 Å². The van der Waals surface area contributed by atoms with E-state index in [2.05, 4.69) is 29.5 Å². The third-order valence-corrected chi connectivity index (χ3v) is 5.16. The highest BCUT2D eigenvalue weighted by atomic mass is 32.1. The van der Waals surface area contributed by atoms with Gasteiger partial charge in [-0.05, 0) is 43.9 Å². The van der Waals surface area contributed by atoms with Crippen molar-refractivity contribution in [3.05, 3.63) is 65.6 Å². The van der Waals surface area contributed by atoms with Crippen molar-refractivity contribution in [1.82, 2.24) is 10.3 Å². The number of thiocarbonyl (C=S) groups is 1. The first-order valence-electron chi connectivity index (χ1n) is 10.2. The highest BCUT2D eigenvalue weighted by molar-refractivity contribution is 7.81. The maximum Gasteiger partial charge on any atom is 0.168 e. The van der Waals surface area contributed by atoms with Gasteiger partial charge in [0, 0.05) is 36.1 Å². The van der Waals surface area contributed by atoms with Crippen molar-refractivity contribution in [3.8, 4) is 5.75 Å². The zero-order valence-electron chi connectivity index (χ0n) is 18.0. The van der Waals surface area contributed by atoms with Crippen LogP contribution in [0.4, 0.5) is 5.69 Å². The van der Waals surface area contributed by atoms with E-state index in [4.69, 9.17) is 17.0 Å². The molecule has 1 aromatic heterocycles. The van der Waals surface area contributed by atoms with Crippen LogP contribution in [0.1, 0.15) is 46.1 Å². The van der Waals surface area contributed by atoms with Crippen LogP contribution < -0.4 is 15.4 Å². The molecule has 0 saturated heterocycles. The Morgan fingerprint density at radius 1 is 1.20 bits per heavy atom. The van der Waals surface area contributed by atoms with Gasteiger partial charge in [0.05, 0.1) is 17.9 Å². The summed E-state index contributed by atoms with van der Waals surface area (Å²) in [6, 6.07) is 11.6. The van der Waals surface area contributed by atoms with E-state index in [0.29, 0.717) is 23.5 Å². The topological polar surface area (TPSA) is 63.2 Å². The predicted molar refractivity (Wildman–Crippen MR) is 125 cm³/mol. The van der Waals surface area contributed by atoms with Crippen molar-refractivity contribution >= 4 is 28.7 Å². The molecule has 1 aromatic carbocycles. The lowest BCUT2D eigenvalue weighted by atomic mass is 9.75. The smallest absolute Gasteiger partial charge is 0.168 e. The number of nitrogens with zero attached hydrogens (tertiary/aromatic N) is 1. The number of ketones is 1. The first-order chi connectivity index (χ1) is 14.2. The lowest BCUT2D eigenvalue weighted by Crippen LogP contribution is -2.35. The van der Waals surface area contributed by atoms with Crippen molar-refractivity contribution in [1.29, 1.82) is 0 Å². The molecule has 1 aliphatic rings. The average molecular weight is 424 g/mol. The quantitative estimate of drug-likeness (QED) is 0.608. The molecule has 0 bridgehead atoms. The van der Waals surface area contributed by atoms with Crippen LogP contribution in [-0.2, 0) is 11.3 Å². The summed E-state index contributed by atoms with van der Waals surface area (Å²) in [7, 11) is 0. The van der Waals surface area contributed by atoms with Gasteiger partial charge in [0.15, 0.2) is 5.78 Å². The molecule has 1 heterocycles. The first kappa shape index (κ1) is 22.0. The molecule has 0 amide bonds. The summed E-state index contributed by atoms with van der Waals surface area (Å²) in [5, 5.41) is 6.69. The highest BCUT2D eigenvalue weighted by Crippen LogP contribution is 2.36. The van der Waals surface area contributed by atoms with Crippen molar-refractivity contribution in [3.63, 3.8) is 0 Å². The number of Topliss-reactive ketones (excluding diaryl/α,β-unsaturated/α-hetero) is 1. The number of rotatable bonds is 7. The van der Waals surface area contributed by atoms with Crippen LogP contribution in [-0.4, -0.2) is 21.9 Å². The molecular weight excluding hydrogens is 394 g/mol. The molecule has 0 radical (unpaired) electrons. The molecule has 0 aliphatic heterocycles. The minimum absolute atomic E-state index is 0.0561. The van der Waals surface area contributed by atoms with Crippen molar-refractivity contribution in [2.45, 2.75) is 53.2 Å². The second-order valence-corrected chi connectivity index (χ2v) is 9.03. The van der Waals surface area contributed by atoms with E-state index in [0.717, 1.165) is 29.1 Å². The van der Waals surface area contributed by atoms with E-state index in [1.165, 1.54) is 0 Å². The summed E-state index contributed by atoms with van der Waals surface area (Å²) in [6.45, 7) is 8.72. The minimum Gasteiger partial charge on any atom is -0.489 e. The molecule has 0 atom stereocenters. The van der Waals surface area contributed by atoms with Crippen molar-refractivity contribution in [2.75, 3.05) is 5.32 Å². The number of aromatic nitrogens is 1. The van der Waals surface area contributed by atoms with E-state index in [9.17, 15) is 4.79 Å². The molecule has 30 heavy (non-hydrogen) atoms. The summed E-state index contributed by atoms with van der Waals surface area (Å²) in [5.41, 5.74) is 3.18. The SMILES string of the molecule is CC(C)Oc1cnccc1CNC1=C(C(=S)Nc2ccccc2)C(=O)CC(C)(C)C1. The Morgan fingerprint density at radius 2 is 1.93 bits per heavy atom. The summed E-state index contributed by atoms with van der Waals surface area (Å²) < 4.78 is 5.88. The third-order valence-electron chi connectivity index (χ3n) is 4.86. The molecule has 2 N–H and O–H groups in total. The van der Waals surface area contributed by atoms with Gasteiger partial charge < -0.3 is 15.4 Å². The second kappa shape index (κ2) is 9.39. The molecule has 5 nitrogen and oxygen atoms in total. The molecule has 0 unspecified atom stereocenters. The van der Waals surface area contributed by atoms with Gasteiger partial charge in [-0.3, -0.25) is 9.78 Å². The highest BCUT2D eigenvalue weighted by Gasteiger charge is 2.34. The maximum absolute atomic E-state index is 13.0. The molecule has 1 aliphatic carbocycles. The van der Waals surface area contributed by atoms with Crippen LogP contribution >= 0.6 is 12.2 Å². The maximum atomic E-state index is 13.0. The fourth-order valence-electron chi connectivity index (χ4n) is 3.57. The predicted octanol–water partition coefficient (Wildman–Crippen LogP) is 5.04. The number of hydrogen-bond donors (Lipinski definition) is 2. The van der Waals surface area contributed by atoms with Crippen LogP contribution in [0.3, 0.4) is 0 Å². The third kappa shape index (κ3) is 5.66. The largest absolute Gasteiger partial charge is 0.489 e. The van der Waals surface area contributed by atoms with Gasteiger partial charge in [0.1, 0.15) is 10.7 Å². The Labute approximate surface area is 183 Å². The number of anilines is 1. The number of carbonyl (C=O) groups is 1. The molecule has 0 saturated carbocycles. The van der Waals surface area contributed by atoms with Crippen LogP contribution in [0.5, 0.6) is 5.75 Å². The summed E-state index contributed by atoms with van der Waals surface area (Å²) >= 11 is 5.63. The zero-order valence-corrected chi connectivity index (χ0v) is 18.8. The Hall–Kier alpha value is -2.73. The number of ether oxygens (including phenoxy) is 1. The Balaban J connectivity index is 1.86. The van der Waals surface area contributed by atoms with Crippen molar-refractivity contribution in [2.24, 2.45) is 5.41 Å². The van der Waals surface area contributed by atoms with E-state index in [1.54, 1.807) is 12.4 Å². The van der Waals surface area contributed by atoms with Gasteiger partial charge in [0.2, 0.25) is 0 Å². The minimum atomic E-state index is -0.124. The number of allylic oxidation sites excluding steroid dienone is 1. The van der Waals surface area contributed by atoms with E-state index in [-0.39, 0.29) is 17.3 Å². The van der Waals surface area contributed by atoms with Gasteiger partial charge in [-0.25, -0.2) is 0 Å². The normalized spacial score (nSPS) is 15.8. The first-order valence-corrected chi connectivity index (χ1v) is 10.6. The lowest BCUT2D eigenvalue weighted by molar-refractivity contribution is -0.117. The molecule has 2 aromatic rings. The summed E-state index contributed by atoms with van der Waals surface area (Å²) in [4.78, 5) is 17.6. The number of benzene rings is 1. The number of pyridine rings is 1. The zero-order chi connectivity index (χ0) is 21.7. The van der Waals surface area contributed by atoms with Gasteiger partial charge >= 0.3 is 0 Å². The number of nitrogens with one attached hydrogen (secondary N) is 2. The van der Waals surface area contributed by atoms with Crippen LogP contribution in [0, 0.1) is 5.41 Å². The van der Waals surface area contributed by atoms with Gasteiger partial charge in [-0.1, -0.05) is 44.3 Å². The number of carbonyl (C=O) groups excluding carboxylic acids is 1. The summed E-state index contributed by atoms with van der Waals surface area (Å²) in [5.74, 6) is 0.809. The van der Waals surface area contributed by atoms with Gasteiger partial charge in [-0.2, -0.15) is 0 Å². The van der Waals surface area contributed by atoms with E-state index < -0.39 is 0 Å². The molecule has 6 heteroatoms. The fourth-order valence-corrected chi connectivity index (χ4v) is 3.92. The van der Waals surface area contributed by atoms with Crippen molar-refractivity contribution < 1.29 is 9.53 Å². The lowest BCUT2D eigenvalue weighted by Gasteiger charge is -2.33. The van der Waals surface area contributed by atoms with Crippen LogP contribution in [0.15, 0.2) is 60.1 Å². The molecule has 0 spiro atoms. The monoisotopic (exact) mass is 423 g/mol. The van der Waals surface area contributed by atoms with E-state index in [1.807, 2.05) is 50.2 Å². The van der Waals surface area contributed by atoms with Crippen LogP contribution in [0.25, 0.3) is 0 Å².